The predicted octanol–water partition coefficient (Wildman–Crippen LogP) is 2.42. The Morgan fingerprint density at radius 3 is 2.83 bits per heavy atom. The van der Waals surface area contributed by atoms with Crippen LogP contribution in [0.3, 0.4) is 0 Å². The van der Waals surface area contributed by atoms with Crippen molar-refractivity contribution >= 4 is 15.9 Å². The fourth-order valence-electron chi connectivity index (χ4n) is 1.75. The fraction of sp³-hybridized carbons (Fsp3) is 0.538. The quantitative estimate of drug-likeness (QED) is 0.747. The van der Waals surface area contributed by atoms with Gasteiger partial charge >= 0.3 is 0 Å². The van der Waals surface area contributed by atoms with Crippen molar-refractivity contribution in [2.24, 2.45) is 0 Å². The molecule has 102 valence electrons. The number of nitrogens with zero attached hydrogens (tertiary/aromatic N) is 1. The average Bonchev–Trinajstić information content (AvgIpc) is 2.34. The molecule has 0 aromatic heterocycles. The molecular weight excluding hydrogens is 301 g/mol. The standard InChI is InChI=1S/C13H19BrFNO2/c1-18-8-2-5-16(6-7-17)10-11-9-12(14)3-4-13(11)15/h3-4,9,17H,2,5-8,10H2,1H3. The average molecular weight is 320 g/mol. The topological polar surface area (TPSA) is 32.7 Å². The minimum atomic E-state index is -0.215. The minimum Gasteiger partial charge on any atom is -0.395 e. The fourth-order valence-corrected chi connectivity index (χ4v) is 2.16. The van der Waals surface area contributed by atoms with Gasteiger partial charge in [-0.15, -0.1) is 0 Å². The first-order chi connectivity index (χ1) is 8.67. The summed E-state index contributed by atoms with van der Waals surface area (Å²) in [4.78, 5) is 2.02. The van der Waals surface area contributed by atoms with Gasteiger partial charge < -0.3 is 9.84 Å². The lowest BCUT2D eigenvalue weighted by Gasteiger charge is -2.21. The van der Waals surface area contributed by atoms with E-state index in [1.807, 2.05) is 4.90 Å². The van der Waals surface area contributed by atoms with Crippen LogP contribution >= 0.6 is 15.9 Å². The van der Waals surface area contributed by atoms with Crippen molar-refractivity contribution in [3.63, 3.8) is 0 Å². The molecule has 1 rings (SSSR count). The van der Waals surface area contributed by atoms with Gasteiger partial charge in [0.25, 0.3) is 0 Å². The molecule has 1 N–H and O–H groups in total. The molecule has 0 amide bonds. The molecule has 0 atom stereocenters. The Labute approximate surface area is 116 Å². The summed E-state index contributed by atoms with van der Waals surface area (Å²) in [7, 11) is 1.66. The maximum absolute atomic E-state index is 13.6. The second kappa shape index (κ2) is 8.58. The Kier molecular flexibility index (Phi) is 7.42. The number of rotatable bonds is 8. The normalized spacial score (nSPS) is 11.2. The van der Waals surface area contributed by atoms with Crippen LogP contribution < -0.4 is 0 Å². The van der Waals surface area contributed by atoms with Gasteiger partial charge in [-0.05, 0) is 24.6 Å². The molecule has 0 saturated carbocycles. The van der Waals surface area contributed by atoms with Crippen molar-refractivity contribution < 1.29 is 14.2 Å². The molecule has 0 bridgehead atoms. The van der Waals surface area contributed by atoms with Crippen LogP contribution in [0.5, 0.6) is 0 Å². The van der Waals surface area contributed by atoms with Crippen LogP contribution in [-0.4, -0.2) is 43.4 Å². The van der Waals surface area contributed by atoms with Gasteiger partial charge in [0, 0.05) is 43.4 Å². The summed E-state index contributed by atoms with van der Waals surface area (Å²) in [6.45, 7) is 2.55. The van der Waals surface area contributed by atoms with Crippen LogP contribution in [0.2, 0.25) is 0 Å². The van der Waals surface area contributed by atoms with Gasteiger partial charge in [0.2, 0.25) is 0 Å². The highest BCUT2D eigenvalue weighted by Crippen LogP contribution is 2.17. The molecular formula is C13H19BrFNO2. The molecule has 0 unspecified atom stereocenters. The van der Waals surface area contributed by atoms with E-state index < -0.39 is 0 Å². The highest BCUT2D eigenvalue weighted by Gasteiger charge is 2.09. The summed E-state index contributed by atoms with van der Waals surface area (Å²) in [5.41, 5.74) is 0.634. The molecule has 0 aliphatic heterocycles. The summed E-state index contributed by atoms with van der Waals surface area (Å²) in [6.07, 6.45) is 0.867. The smallest absolute Gasteiger partial charge is 0.127 e. The van der Waals surface area contributed by atoms with E-state index in [4.69, 9.17) is 9.84 Å². The van der Waals surface area contributed by atoms with Crippen molar-refractivity contribution in [1.82, 2.24) is 4.90 Å². The summed E-state index contributed by atoms with van der Waals surface area (Å²) < 4.78 is 19.5. The molecule has 5 heteroatoms. The molecule has 0 fully saturated rings. The first-order valence-electron chi connectivity index (χ1n) is 5.93. The molecule has 0 spiro atoms. The highest BCUT2D eigenvalue weighted by molar-refractivity contribution is 9.10. The van der Waals surface area contributed by atoms with Crippen molar-refractivity contribution in [3.8, 4) is 0 Å². The van der Waals surface area contributed by atoms with E-state index in [2.05, 4.69) is 15.9 Å². The number of hydrogen-bond acceptors (Lipinski definition) is 3. The van der Waals surface area contributed by atoms with Crippen molar-refractivity contribution in [2.45, 2.75) is 13.0 Å². The van der Waals surface area contributed by atoms with E-state index >= 15 is 0 Å². The van der Waals surface area contributed by atoms with Crippen molar-refractivity contribution in [3.05, 3.63) is 34.1 Å². The Balaban J connectivity index is 2.60. The zero-order valence-corrected chi connectivity index (χ0v) is 12.1. The van der Waals surface area contributed by atoms with Gasteiger partial charge in [-0.2, -0.15) is 0 Å². The Hall–Kier alpha value is -0.490. The Morgan fingerprint density at radius 1 is 1.39 bits per heavy atom. The lowest BCUT2D eigenvalue weighted by Crippen LogP contribution is -2.28. The third kappa shape index (κ3) is 5.44. The second-order valence-corrected chi connectivity index (χ2v) is 5.00. The van der Waals surface area contributed by atoms with Crippen LogP contribution in [0.15, 0.2) is 22.7 Å². The molecule has 0 radical (unpaired) electrons. The van der Waals surface area contributed by atoms with Gasteiger partial charge in [-0.25, -0.2) is 4.39 Å². The SMILES string of the molecule is COCCCN(CCO)Cc1cc(Br)ccc1F. The number of aliphatic hydroxyl groups is 1. The number of halogens is 2. The lowest BCUT2D eigenvalue weighted by molar-refractivity contribution is 0.151. The summed E-state index contributed by atoms with van der Waals surface area (Å²) in [5, 5.41) is 9.02. The monoisotopic (exact) mass is 319 g/mol. The molecule has 0 saturated heterocycles. The summed E-state index contributed by atoms with van der Waals surface area (Å²) in [6, 6.07) is 4.90. The third-order valence-electron chi connectivity index (χ3n) is 2.64. The second-order valence-electron chi connectivity index (χ2n) is 4.08. The molecule has 0 aliphatic rings. The molecule has 1 aromatic carbocycles. The van der Waals surface area contributed by atoms with E-state index in [1.165, 1.54) is 6.07 Å². The zero-order valence-electron chi connectivity index (χ0n) is 10.5. The van der Waals surface area contributed by atoms with Gasteiger partial charge in [-0.3, -0.25) is 4.90 Å². The van der Waals surface area contributed by atoms with Crippen LogP contribution in [0.4, 0.5) is 4.39 Å². The van der Waals surface area contributed by atoms with Crippen LogP contribution in [-0.2, 0) is 11.3 Å². The largest absolute Gasteiger partial charge is 0.395 e. The Bertz CT molecular complexity index is 363. The van der Waals surface area contributed by atoms with Crippen molar-refractivity contribution in [2.75, 3.05) is 33.4 Å². The number of aliphatic hydroxyl groups excluding tert-OH is 1. The molecule has 0 aliphatic carbocycles. The van der Waals surface area contributed by atoms with Gasteiger partial charge in [-0.1, -0.05) is 15.9 Å². The van der Waals surface area contributed by atoms with E-state index in [0.29, 0.717) is 25.3 Å². The number of hydrogen-bond donors (Lipinski definition) is 1. The maximum Gasteiger partial charge on any atom is 0.127 e. The van der Waals surface area contributed by atoms with Gasteiger partial charge in [0.1, 0.15) is 5.82 Å². The van der Waals surface area contributed by atoms with E-state index in [0.717, 1.165) is 17.4 Å². The third-order valence-corrected chi connectivity index (χ3v) is 3.13. The first kappa shape index (κ1) is 15.6. The van der Waals surface area contributed by atoms with Crippen LogP contribution in [0, 0.1) is 5.82 Å². The highest BCUT2D eigenvalue weighted by atomic mass is 79.9. The molecule has 18 heavy (non-hydrogen) atoms. The Morgan fingerprint density at radius 2 is 2.17 bits per heavy atom. The maximum atomic E-state index is 13.6. The van der Waals surface area contributed by atoms with Crippen molar-refractivity contribution in [1.29, 1.82) is 0 Å². The van der Waals surface area contributed by atoms with E-state index in [9.17, 15) is 4.39 Å². The molecule has 0 heterocycles. The zero-order chi connectivity index (χ0) is 13.4. The van der Waals surface area contributed by atoms with Crippen LogP contribution in [0.25, 0.3) is 0 Å². The number of methoxy groups -OCH3 is 1. The van der Waals surface area contributed by atoms with E-state index in [1.54, 1.807) is 19.2 Å². The van der Waals surface area contributed by atoms with Gasteiger partial charge in [0.05, 0.1) is 6.61 Å². The number of ether oxygens (including phenoxy) is 1. The molecule has 3 nitrogen and oxygen atoms in total. The predicted molar refractivity (Wildman–Crippen MR) is 73.0 cm³/mol. The van der Waals surface area contributed by atoms with Gasteiger partial charge in [0.15, 0.2) is 0 Å². The lowest BCUT2D eigenvalue weighted by atomic mass is 10.2. The van der Waals surface area contributed by atoms with Crippen LogP contribution in [0.1, 0.15) is 12.0 Å². The first-order valence-corrected chi connectivity index (χ1v) is 6.72. The number of benzene rings is 1. The molecule has 1 aromatic rings. The summed E-state index contributed by atoms with van der Waals surface area (Å²) >= 11 is 3.33. The van der Waals surface area contributed by atoms with E-state index in [-0.39, 0.29) is 12.4 Å². The minimum absolute atomic E-state index is 0.0720. The summed E-state index contributed by atoms with van der Waals surface area (Å²) in [5.74, 6) is -0.215.